The first-order valence-electron chi connectivity index (χ1n) is 6.32. The summed E-state index contributed by atoms with van der Waals surface area (Å²) >= 11 is 0. The van der Waals surface area contributed by atoms with Crippen molar-refractivity contribution in [3.8, 4) is 17.2 Å². The van der Waals surface area contributed by atoms with Gasteiger partial charge in [0.2, 0.25) is 0 Å². The number of benzene rings is 1. The Bertz CT molecular complexity index is 818. The predicted molar refractivity (Wildman–Crippen MR) is 74.2 cm³/mol. The van der Waals surface area contributed by atoms with Crippen LogP contribution < -0.4 is 9.47 Å². The molecule has 2 aromatic rings. The highest BCUT2D eigenvalue weighted by molar-refractivity contribution is 7.86. The summed E-state index contributed by atoms with van der Waals surface area (Å²) in [6.45, 7) is 0.0680. The zero-order valence-corrected chi connectivity index (χ0v) is 12.6. The molecule has 0 fully saturated rings. The number of rotatable bonds is 4. The summed E-state index contributed by atoms with van der Waals surface area (Å²) in [7, 11) is -2.30. The van der Waals surface area contributed by atoms with Crippen LogP contribution in [0.5, 0.6) is 11.5 Å². The second kappa shape index (κ2) is 5.25. The number of hydrogen-bond acceptors (Lipinski definition) is 6. The Labute approximate surface area is 126 Å². The number of methoxy groups -OCH3 is 1. The summed E-state index contributed by atoms with van der Waals surface area (Å²) in [6, 6.07) is 4.20. The third-order valence-corrected chi connectivity index (χ3v) is 3.72. The molecule has 0 saturated carbocycles. The first-order valence-corrected chi connectivity index (χ1v) is 8.13. The molecule has 0 N–H and O–H groups in total. The minimum Gasteiger partial charge on any atom is -0.494 e. The Morgan fingerprint density at radius 1 is 1.45 bits per heavy atom. The molecule has 118 valence electrons. The standard InChI is InChI=1S/C13H13FN2O5S/c1-19-10-5-8(3-4-9(10)14)16-13-11(6-15-16)20-7-12(13)21-22(2,17)18/h3-6,12H,7H2,1-2H3. The van der Waals surface area contributed by atoms with E-state index < -0.39 is 22.0 Å². The molecule has 9 heteroatoms. The SMILES string of the molecule is COc1cc(-n2ncc3c2C(OS(C)(=O)=O)CO3)ccc1F. The fourth-order valence-corrected chi connectivity index (χ4v) is 2.83. The molecule has 1 aliphatic heterocycles. The molecule has 0 radical (unpaired) electrons. The molecule has 0 spiro atoms. The van der Waals surface area contributed by atoms with Crippen LogP contribution in [0, 0.1) is 5.82 Å². The highest BCUT2D eigenvalue weighted by Gasteiger charge is 2.33. The van der Waals surface area contributed by atoms with Gasteiger partial charge in [0.05, 0.1) is 25.2 Å². The van der Waals surface area contributed by atoms with Crippen LogP contribution in [-0.2, 0) is 14.3 Å². The molecule has 1 atom stereocenters. The Morgan fingerprint density at radius 2 is 2.23 bits per heavy atom. The minimum absolute atomic E-state index is 0.0567. The van der Waals surface area contributed by atoms with Crippen LogP contribution >= 0.6 is 0 Å². The van der Waals surface area contributed by atoms with Crippen molar-refractivity contribution in [1.29, 1.82) is 0 Å². The zero-order valence-electron chi connectivity index (χ0n) is 11.8. The smallest absolute Gasteiger partial charge is 0.265 e. The maximum absolute atomic E-state index is 13.5. The molecule has 3 rings (SSSR count). The number of fused-ring (bicyclic) bond motifs is 1. The van der Waals surface area contributed by atoms with E-state index in [2.05, 4.69) is 5.10 Å². The minimum atomic E-state index is -3.65. The summed E-state index contributed by atoms with van der Waals surface area (Å²) in [5, 5.41) is 4.13. The van der Waals surface area contributed by atoms with Gasteiger partial charge in [-0.3, -0.25) is 4.18 Å². The lowest BCUT2D eigenvalue weighted by Crippen LogP contribution is -2.15. The van der Waals surface area contributed by atoms with Crippen molar-refractivity contribution in [2.45, 2.75) is 6.10 Å². The molecule has 1 aliphatic rings. The van der Waals surface area contributed by atoms with Gasteiger partial charge in [-0.25, -0.2) is 9.07 Å². The van der Waals surface area contributed by atoms with Crippen LogP contribution in [-0.4, -0.2) is 38.2 Å². The Morgan fingerprint density at radius 3 is 2.91 bits per heavy atom. The van der Waals surface area contributed by atoms with Crippen molar-refractivity contribution < 1.29 is 26.5 Å². The molecule has 1 aromatic carbocycles. The van der Waals surface area contributed by atoms with Gasteiger partial charge in [-0.15, -0.1) is 0 Å². The molecule has 7 nitrogen and oxygen atoms in total. The third kappa shape index (κ3) is 2.64. The van der Waals surface area contributed by atoms with Gasteiger partial charge in [0.1, 0.15) is 12.3 Å². The van der Waals surface area contributed by atoms with E-state index in [9.17, 15) is 12.8 Å². The number of halogens is 1. The predicted octanol–water partition coefficient (Wildman–Crippen LogP) is 1.43. The lowest BCUT2D eigenvalue weighted by Gasteiger charge is -2.12. The average Bonchev–Trinajstić information content (AvgIpc) is 3.01. The molecule has 2 heterocycles. The Kier molecular flexibility index (Phi) is 3.53. The number of nitrogens with zero attached hydrogens (tertiary/aromatic N) is 2. The number of ether oxygens (including phenoxy) is 2. The number of aromatic nitrogens is 2. The highest BCUT2D eigenvalue weighted by atomic mass is 32.2. The quantitative estimate of drug-likeness (QED) is 0.790. The van der Waals surface area contributed by atoms with E-state index in [1.54, 1.807) is 0 Å². The van der Waals surface area contributed by atoms with Gasteiger partial charge in [0, 0.05) is 6.07 Å². The van der Waals surface area contributed by atoms with Gasteiger partial charge in [-0.05, 0) is 12.1 Å². The van der Waals surface area contributed by atoms with E-state index in [4.69, 9.17) is 13.7 Å². The van der Waals surface area contributed by atoms with Gasteiger partial charge < -0.3 is 9.47 Å². The van der Waals surface area contributed by atoms with Gasteiger partial charge in [0.15, 0.2) is 23.4 Å². The van der Waals surface area contributed by atoms with E-state index in [1.807, 2.05) is 0 Å². The lowest BCUT2D eigenvalue weighted by atomic mass is 10.2. The van der Waals surface area contributed by atoms with Crippen LogP contribution in [0.25, 0.3) is 5.69 Å². The maximum atomic E-state index is 13.5. The monoisotopic (exact) mass is 328 g/mol. The van der Waals surface area contributed by atoms with Gasteiger partial charge in [0.25, 0.3) is 10.1 Å². The van der Waals surface area contributed by atoms with E-state index in [0.717, 1.165) is 6.26 Å². The fraction of sp³-hybridized carbons (Fsp3) is 0.308. The summed E-state index contributed by atoms with van der Waals surface area (Å²) in [5.41, 5.74) is 0.964. The van der Waals surface area contributed by atoms with E-state index in [1.165, 1.54) is 36.2 Å². The van der Waals surface area contributed by atoms with E-state index in [-0.39, 0.29) is 12.4 Å². The van der Waals surface area contributed by atoms with Crippen LogP contribution in [0.3, 0.4) is 0 Å². The average molecular weight is 328 g/mol. The highest BCUT2D eigenvalue weighted by Crippen LogP contribution is 2.37. The van der Waals surface area contributed by atoms with Crippen molar-refractivity contribution in [2.24, 2.45) is 0 Å². The second-order valence-corrected chi connectivity index (χ2v) is 6.33. The van der Waals surface area contributed by atoms with Crippen molar-refractivity contribution in [3.05, 3.63) is 35.9 Å². The summed E-state index contributed by atoms with van der Waals surface area (Å²) in [6.07, 6.45) is 1.62. The largest absolute Gasteiger partial charge is 0.494 e. The molecule has 0 bridgehead atoms. The van der Waals surface area contributed by atoms with Crippen LogP contribution in [0.2, 0.25) is 0 Å². The number of hydrogen-bond donors (Lipinski definition) is 0. The molecular formula is C13H13FN2O5S. The summed E-state index contributed by atoms with van der Waals surface area (Å²) in [5.74, 6) is -0.0200. The molecule has 0 saturated heterocycles. The second-order valence-electron chi connectivity index (χ2n) is 4.72. The van der Waals surface area contributed by atoms with Gasteiger partial charge in [-0.1, -0.05) is 0 Å². The lowest BCUT2D eigenvalue weighted by molar-refractivity contribution is 0.165. The molecule has 0 amide bonds. The third-order valence-electron chi connectivity index (χ3n) is 3.14. The molecule has 22 heavy (non-hydrogen) atoms. The summed E-state index contributed by atoms with van der Waals surface area (Å²) < 4.78 is 52.9. The molecule has 0 aliphatic carbocycles. The summed E-state index contributed by atoms with van der Waals surface area (Å²) in [4.78, 5) is 0. The van der Waals surface area contributed by atoms with Gasteiger partial charge >= 0.3 is 0 Å². The molecular weight excluding hydrogens is 315 g/mol. The van der Waals surface area contributed by atoms with Crippen molar-refractivity contribution >= 4 is 10.1 Å². The van der Waals surface area contributed by atoms with Crippen molar-refractivity contribution in [2.75, 3.05) is 20.0 Å². The molecule has 1 unspecified atom stereocenters. The Balaban J connectivity index is 2.04. The maximum Gasteiger partial charge on any atom is 0.265 e. The topological polar surface area (TPSA) is 79.7 Å². The van der Waals surface area contributed by atoms with Crippen molar-refractivity contribution in [1.82, 2.24) is 9.78 Å². The van der Waals surface area contributed by atoms with E-state index in [0.29, 0.717) is 17.1 Å². The van der Waals surface area contributed by atoms with Crippen molar-refractivity contribution in [3.63, 3.8) is 0 Å². The fourth-order valence-electron chi connectivity index (χ4n) is 2.26. The van der Waals surface area contributed by atoms with Crippen LogP contribution in [0.1, 0.15) is 11.8 Å². The van der Waals surface area contributed by atoms with Crippen LogP contribution in [0.15, 0.2) is 24.4 Å². The molecule has 1 aromatic heterocycles. The normalized spacial score (nSPS) is 17.1. The first kappa shape index (κ1) is 14.8. The van der Waals surface area contributed by atoms with Crippen LogP contribution in [0.4, 0.5) is 4.39 Å². The van der Waals surface area contributed by atoms with E-state index >= 15 is 0 Å². The Hall–Kier alpha value is -2.13. The van der Waals surface area contributed by atoms with Gasteiger partial charge in [-0.2, -0.15) is 13.5 Å². The zero-order chi connectivity index (χ0) is 15.9. The first-order chi connectivity index (χ1) is 10.4.